The molecule has 70 valence electrons. The molecule has 0 bridgehead atoms. The van der Waals surface area contributed by atoms with Crippen LogP contribution in [0.15, 0.2) is 30.3 Å². The van der Waals surface area contributed by atoms with Gasteiger partial charge in [-0.25, -0.2) is 0 Å². The summed E-state index contributed by atoms with van der Waals surface area (Å²) in [5.74, 6) is -0.240. The number of hydrogen-bond donors (Lipinski definition) is 1. The van der Waals surface area contributed by atoms with Gasteiger partial charge in [-0.05, 0) is 5.56 Å². The Bertz CT molecular complexity index is 259. The lowest BCUT2D eigenvalue weighted by Gasteiger charge is -2.02. The molecule has 0 spiro atoms. The molecule has 0 aromatic heterocycles. The number of hydrogen-bond acceptors (Lipinski definition) is 3. The van der Waals surface area contributed by atoms with Gasteiger partial charge in [0.25, 0.3) is 0 Å². The number of carbonyl (C=O) groups excluding carboxylic acids is 1. The van der Waals surface area contributed by atoms with Gasteiger partial charge in [0.05, 0.1) is 13.7 Å². The molecule has 0 saturated heterocycles. The predicted molar refractivity (Wildman–Crippen MR) is 50.2 cm³/mol. The van der Waals surface area contributed by atoms with Crippen molar-refractivity contribution in [2.75, 3.05) is 13.7 Å². The van der Waals surface area contributed by atoms with E-state index >= 15 is 0 Å². The van der Waals surface area contributed by atoms with Gasteiger partial charge in [-0.3, -0.25) is 4.79 Å². The van der Waals surface area contributed by atoms with Crippen molar-refractivity contribution in [3.8, 4) is 0 Å². The van der Waals surface area contributed by atoms with Crippen LogP contribution in [-0.4, -0.2) is 19.6 Å². The monoisotopic (exact) mass is 179 g/mol. The summed E-state index contributed by atoms with van der Waals surface area (Å²) in [5.41, 5.74) is 1.16. The van der Waals surface area contributed by atoms with E-state index in [-0.39, 0.29) is 12.5 Å². The van der Waals surface area contributed by atoms with Crippen molar-refractivity contribution >= 4 is 5.97 Å². The van der Waals surface area contributed by atoms with E-state index in [4.69, 9.17) is 0 Å². The molecule has 1 aromatic rings. The lowest BCUT2D eigenvalue weighted by Crippen LogP contribution is -2.23. The highest BCUT2D eigenvalue weighted by molar-refractivity contribution is 5.71. The molecule has 0 atom stereocenters. The van der Waals surface area contributed by atoms with Gasteiger partial charge in [0, 0.05) is 6.54 Å². The van der Waals surface area contributed by atoms with Crippen molar-refractivity contribution in [1.29, 1.82) is 0 Å². The molecule has 0 radical (unpaired) electrons. The Hall–Kier alpha value is -1.35. The van der Waals surface area contributed by atoms with Crippen molar-refractivity contribution in [3.63, 3.8) is 0 Å². The lowest BCUT2D eigenvalue weighted by atomic mass is 10.2. The molecule has 0 saturated carbocycles. The lowest BCUT2D eigenvalue weighted by molar-refractivity contribution is -0.139. The van der Waals surface area contributed by atoms with Crippen molar-refractivity contribution in [3.05, 3.63) is 35.9 Å². The molecule has 0 heterocycles. The van der Waals surface area contributed by atoms with Crippen LogP contribution in [0, 0.1) is 0 Å². The molecule has 1 aromatic carbocycles. The maximum atomic E-state index is 10.7. The fraction of sp³-hybridized carbons (Fsp3) is 0.300. The summed E-state index contributed by atoms with van der Waals surface area (Å²) < 4.78 is 4.49. The minimum absolute atomic E-state index is 0.240. The highest BCUT2D eigenvalue weighted by Gasteiger charge is 1.97. The van der Waals surface area contributed by atoms with Crippen LogP contribution in [0.4, 0.5) is 0 Å². The van der Waals surface area contributed by atoms with Crippen LogP contribution in [0.25, 0.3) is 0 Å². The second kappa shape index (κ2) is 5.32. The normalized spacial score (nSPS) is 9.62. The SMILES string of the molecule is COC(=O)CNCc1ccccc1. The summed E-state index contributed by atoms with van der Waals surface area (Å²) in [6.45, 7) is 0.946. The number of benzene rings is 1. The summed E-state index contributed by atoms with van der Waals surface area (Å²) in [4.78, 5) is 10.7. The summed E-state index contributed by atoms with van der Waals surface area (Å²) >= 11 is 0. The Morgan fingerprint density at radius 1 is 1.38 bits per heavy atom. The first kappa shape index (κ1) is 9.74. The fourth-order valence-electron chi connectivity index (χ4n) is 0.977. The average molecular weight is 179 g/mol. The molecular weight excluding hydrogens is 166 g/mol. The first-order chi connectivity index (χ1) is 6.33. The Balaban J connectivity index is 2.24. The fourth-order valence-corrected chi connectivity index (χ4v) is 0.977. The van der Waals surface area contributed by atoms with Gasteiger partial charge in [-0.15, -0.1) is 0 Å². The average Bonchev–Trinajstić information content (AvgIpc) is 2.19. The summed E-state index contributed by atoms with van der Waals surface area (Å²) in [7, 11) is 1.38. The zero-order chi connectivity index (χ0) is 9.52. The van der Waals surface area contributed by atoms with Crippen molar-refractivity contribution in [2.24, 2.45) is 0 Å². The number of esters is 1. The molecule has 0 unspecified atom stereocenters. The second-order valence-electron chi connectivity index (χ2n) is 2.67. The molecule has 0 fully saturated rings. The number of carbonyl (C=O) groups is 1. The van der Waals surface area contributed by atoms with E-state index in [1.165, 1.54) is 7.11 Å². The maximum absolute atomic E-state index is 10.7. The molecule has 13 heavy (non-hydrogen) atoms. The Kier molecular flexibility index (Phi) is 3.99. The van der Waals surface area contributed by atoms with Crippen LogP contribution < -0.4 is 5.32 Å². The van der Waals surface area contributed by atoms with Crippen LogP contribution >= 0.6 is 0 Å². The van der Waals surface area contributed by atoms with E-state index < -0.39 is 0 Å². The third-order valence-electron chi connectivity index (χ3n) is 1.67. The van der Waals surface area contributed by atoms with E-state index in [1.54, 1.807) is 0 Å². The highest BCUT2D eigenvalue weighted by Crippen LogP contribution is 1.96. The highest BCUT2D eigenvalue weighted by atomic mass is 16.5. The van der Waals surface area contributed by atoms with Gasteiger partial charge < -0.3 is 10.1 Å². The standard InChI is InChI=1S/C10H13NO2/c1-13-10(12)8-11-7-9-5-3-2-4-6-9/h2-6,11H,7-8H2,1H3. The van der Waals surface area contributed by atoms with Crippen molar-refractivity contribution in [1.82, 2.24) is 5.32 Å². The third-order valence-corrected chi connectivity index (χ3v) is 1.67. The number of rotatable bonds is 4. The minimum atomic E-state index is -0.240. The van der Waals surface area contributed by atoms with E-state index in [2.05, 4.69) is 10.1 Å². The third kappa shape index (κ3) is 3.71. The zero-order valence-corrected chi connectivity index (χ0v) is 7.62. The second-order valence-corrected chi connectivity index (χ2v) is 2.67. The quantitative estimate of drug-likeness (QED) is 0.699. The van der Waals surface area contributed by atoms with Gasteiger partial charge in [0.1, 0.15) is 0 Å². The molecule has 0 aliphatic heterocycles. The largest absolute Gasteiger partial charge is 0.468 e. The molecule has 3 nitrogen and oxygen atoms in total. The Morgan fingerprint density at radius 3 is 2.69 bits per heavy atom. The molecule has 0 aliphatic rings. The van der Waals surface area contributed by atoms with Gasteiger partial charge >= 0.3 is 5.97 Å². The van der Waals surface area contributed by atoms with E-state index in [0.29, 0.717) is 6.54 Å². The van der Waals surface area contributed by atoms with Crippen LogP contribution in [0.1, 0.15) is 5.56 Å². The number of ether oxygens (including phenoxy) is 1. The summed E-state index contributed by atoms with van der Waals surface area (Å²) in [5, 5.41) is 2.98. The topological polar surface area (TPSA) is 38.3 Å². The van der Waals surface area contributed by atoms with E-state index in [0.717, 1.165) is 5.56 Å². The number of nitrogens with one attached hydrogen (secondary N) is 1. The Morgan fingerprint density at radius 2 is 2.08 bits per heavy atom. The molecule has 0 amide bonds. The van der Waals surface area contributed by atoms with E-state index in [9.17, 15) is 4.79 Å². The van der Waals surface area contributed by atoms with Crippen LogP contribution in [0.2, 0.25) is 0 Å². The smallest absolute Gasteiger partial charge is 0.319 e. The van der Waals surface area contributed by atoms with Crippen molar-refractivity contribution < 1.29 is 9.53 Å². The van der Waals surface area contributed by atoms with Gasteiger partial charge in [0.2, 0.25) is 0 Å². The molecule has 0 aliphatic carbocycles. The maximum Gasteiger partial charge on any atom is 0.319 e. The van der Waals surface area contributed by atoms with Crippen LogP contribution in [0.5, 0.6) is 0 Å². The van der Waals surface area contributed by atoms with Crippen molar-refractivity contribution in [2.45, 2.75) is 6.54 Å². The summed E-state index contributed by atoms with van der Waals surface area (Å²) in [6, 6.07) is 9.91. The van der Waals surface area contributed by atoms with E-state index in [1.807, 2.05) is 30.3 Å². The van der Waals surface area contributed by atoms with Crippen LogP contribution in [0.3, 0.4) is 0 Å². The Labute approximate surface area is 77.7 Å². The molecule has 1 rings (SSSR count). The van der Waals surface area contributed by atoms with Crippen LogP contribution in [-0.2, 0) is 16.1 Å². The molecule has 3 heteroatoms. The molecular formula is C10H13NO2. The first-order valence-electron chi connectivity index (χ1n) is 4.14. The van der Waals surface area contributed by atoms with Gasteiger partial charge in [0.15, 0.2) is 0 Å². The van der Waals surface area contributed by atoms with Gasteiger partial charge in [-0.1, -0.05) is 30.3 Å². The summed E-state index contributed by atoms with van der Waals surface area (Å²) in [6.07, 6.45) is 0. The molecule has 1 N–H and O–H groups in total. The number of methoxy groups -OCH3 is 1. The van der Waals surface area contributed by atoms with Gasteiger partial charge in [-0.2, -0.15) is 0 Å². The minimum Gasteiger partial charge on any atom is -0.468 e. The zero-order valence-electron chi connectivity index (χ0n) is 7.62. The predicted octanol–water partition coefficient (Wildman–Crippen LogP) is 0.949. The first-order valence-corrected chi connectivity index (χ1v) is 4.14.